The van der Waals surface area contributed by atoms with Crippen LogP contribution in [0.3, 0.4) is 0 Å². The fourth-order valence-corrected chi connectivity index (χ4v) is 1.10. The summed E-state index contributed by atoms with van der Waals surface area (Å²) in [4.78, 5) is 0. The maximum Gasteiger partial charge on any atom is 0.0857 e. The Morgan fingerprint density at radius 2 is 0.792 bits per heavy atom. The van der Waals surface area contributed by atoms with E-state index in [1.54, 1.807) is 0 Å². The van der Waals surface area contributed by atoms with E-state index in [1.165, 1.54) is 0 Å². The molecule has 0 unspecified atom stereocenters. The fourth-order valence-electron chi connectivity index (χ4n) is 1.10. The minimum absolute atomic E-state index is 0. The Balaban J connectivity index is -0.000000174. The van der Waals surface area contributed by atoms with Gasteiger partial charge < -0.3 is 7.43 Å². The van der Waals surface area contributed by atoms with Crippen molar-refractivity contribution >= 4 is 11.4 Å². The Morgan fingerprint density at radius 1 is 0.583 bits per heavy atom. The molecule has 2 nitrogen and oxygen atoms in total. The average Bonchev–Trinajstić information content (AvgIpc) is 2.58. The van der Waals surface area contributed by atoms with Crippen LogP contribution in [-0.4, -0.2) is 0 Å². The summed E-state index contributed by atoms with van der Waals surface area (Å²) in [6, 6.07) is 19.4. The van der Waals surface area contributed by atoms with E-state index >= 15 is 0 Å². The molecule has 0 N–H and O–H groups in total. The monoisotopic (exact) mass is 404 g/mol. The third-order valence-corrected chi connectivity index (χ3v) is 1.79. The molecule has 24 heavy (non-hydrogen) atoms. The Bertz CT molecular complexity index is 410. The molecule has 0 aromatic heterocycles. The van der Waals surface area contributed by atoms with Gasteiger partial charge in [0.15, 0.2) is 0 Å². The van der Waals surface area contributed by atoms with Gasteiger partial charge in [0.25, 0.3) is 0 Å². The van der Waals surface area contributed by atoms with E-state index < -0.39 is 0 Å². The van der Waals surface area contributed by atoms with E-state index in [-0.39, 0.29) is 40.1 Å². The van der Waals surface area contributed by atoms with Crippen LogP contribution in [0.5, 0.6) is 0 Å². The quantitative estimate of drug-likeness (QED) is 0.355. The van der Waals surface area contributed by atoms with Crippen LogP contribution in [0, 0.1) is 13.3 Å². The SMILES string of the molecule is CC.CC.CC(C)C.[CH3-].[Y].c1ccc(N=Nc2ccccc2)cc1. The summed E-state index contributed by atoms with van der Waals surface area (Å²) in [7, 11) is 0. The predicted octanol–water partition coefficient (Wildman–Crippen LogP) is 8.26. The van der Waals surface area contributed by atoms with Crippen molar-refractivity contribution in [1.29, 1.82) is 0 Å². The van der Waals surface area contributed by atoms with E-state index in [1.807, 2.05) is 88.4 Å². The van der Waals surface area contributed by atoms with Gasteiger partial charge in [-0.1, -0.05) is 84.9 Å². The molecular weight excluding hydrogens is 369 g/mol. The Morgan fingerprint density at radius 3 is 1.00 bits per heavy atom. The summed E-state index contributed by atoms with van der Waals surface area (Å²) in [5.74, 6) is 0.833. The molecule has 1 radical (unpaired) electrons. The Labute approximate surface area is 176 Å². The van der Waals surface area contributed by atoms with Crippen molar-refractivity contribution in [2.45, 2.75) is 48.5 Å². The van der Waals surface area contributed by atoms with Crippen molar-refractivity contribution in [2.75, 3.05) is 0 Å². The topological polar surface area (TPSA) is 24.7 Å². The zero-order valence-corrected chi connectivity index (χ0v) is 19.7. The van der Waals surface area contributed by atoms with Crippen LogP contribution in [-0.2, 0) is 32.7 Å². The first-order valence-electron chi connectivity index (χ1n) is 8.20. The molecule has 0 aliphatic carbocycles. The van der Waals surface area contributed by atoms with E-state index in [2.05, 4.69) is 31.0 Å². The molecule has 2 rings (SSSR count). The van der Waals surface area contributed by atoms with E-state index in [0.717, 1.165) is 17.3 Å². The van der Waals surface area contributed by atoms with Gasteiger partial charge >= 0.3 is 0 Å². The minimum Gasteiger partial charge on any atom is -0.358 e. The molecule has 133 valence electrons. The molecule has 0 fully saturated rings. The third-order valence-electron chi connectivity index (χ3n) is 1.79. The maximum atomic E-state index is 4.10. The van der Waals surface area contributed by atoms with Gasteiger partial charge in [0.05, 0.1) is 11.4 Å². The number of hydrogen-bond donors (Lipinski definition) is 0. The fraction of sp³-hybridized carbons (Fsp3) is 0.381. The summed E-state index contributed by atoms with van der Waals surface area (Å²) in [5.41, 5.74) is 1.74. The molecule has 3 heteroatoms. The summed E-state index contributed by atoms with van der Waals surface area (Å²) in [5, 5.41) is 8.20. The molecule has 0 spiro atoms. The van der Waals surface area contributed by atoms with Gasteiger partial charge in [0, 0.05) is 32.7 Å². The number of nitrogens with zero attached hydrogens (tertiary/aromatic N) is 2. The van der Waals surface area contributed by atoms with Gasteiger partial charge in [0.2, 0.25) is 0 Å². The van der Waals surface area contributed by atoms with Crippen molar-refractivity contribution in [3.8, 4) is 0 Å². The summed E-state index contributed by atoms with van der Waals surface area (Å²) < 4.78 is 0. The summed E-state index contributed by atoms with van der Waals surface area (Å²) in [6.45, 7) is 14.5. The molecule has 0 atom stereocenters. The minimum atomic E-state index is 0. The predicted molar refractivity (Wildman–Crippen MR) is 107 cm³/mol. The first-order chi connectivity index (χ1) is 10.7. The number of benzene rings is 2. The number of rotatable bonds is 2. The van der Waals surface area contributed by atoms with Crippen molar-refractivity contribution in [1.82, 2.24) is 0 Å². The van der Waals surface area contributed by atoms with Gasteiger partial charge in [-0.25, -0.2) is 0 Å². The third kappa shape index (κ3) is 21.1. The van der Waals surface area contributed by atoms with Crippen molar-refractivity contribution in [2.24, 2.45) is 16.1 Å². The van der Waals surface area contributed by atoms with Crippen molar-refractivity contribution in [3.63, 3.8) is 0 Å². The van der Waals surface area contributed by atoms with E-state index in [9.17, 15) is 0 Å². The molecule has 0 saturated heterocycles. The summed E-state index contributed by atoms with van der Waals surface area (Å²) >= 11 is 0. The van der Waals surface area contributed by atoms with E-state index in [4.69, 9.17) is 0 Å². The largest absolute Gasteiger partial charge is 0.358 e. The Kier molecular flexibility index (Phi) is 31.5. The molecule has 2 aromatic rings. The molecule has 0 saturated carbocycles. The smallest absolute Gasteiger partial charge is 0.0857 e. The van der Waals surface area contributed by atoms with Crippen LogP contribution in [0.15, 0.2) is 70.9 Å². The van der Waals surface area contributed by atoms with Gasteiger partial charge in [-0.2, -0.15) is 10.2 Å². The molecule has 0 amide bonds. The van der Waals surface area contributed by atoms with Crippen LogP contribution in [0.1, 0.15) is 48.5 Å². The molecule has 0 heterocycles. The van der Waals surface area contributed by atoms with Crippen LogP contribution >= 0.6 is 0 Å². The van der Waals surface area contributed by atoms with Crippen LogP contribution in [0.25, 0.3) is 0 Å². The second-order valence-electron chi connectivity index (χ2n) is 4.60. The molecular formula is C21H35N2Y-. The van der Waals surface area contributed by atoms with Crippen molar-refractivity contribution in [3.05, 3.63) is 68.1 Å². The number of hydrogen-bond acceptors (Lipinski definition) is 2. The zero-order chi connectivity index (χ0) is 17.2. The second-order valence-corrected chi connectivity index (χ2v) is 4.60. The zero-order valence-electron chi connectivity index (χ0n) is 16.8. The molecule has 0 aliphatic heterocycles. The van der Waals surface area contributed by atoms with Gasteiger partial charge in [-0.15, -0.1) is 0 Å². The van der Waals surface area contributed by atoms with Gasteiger partial charge in [0.1, 0.15) is 0 Å². The number of azo groups is 1. The van der Waals surface area contributed by atoms with Gasteiger partial charge in [-0.05, 0) is 30.2 Å². The second kappa shape index (κ2) is 24.4. The normalized spacial score (nSPS) is 8.17. The van der Waals surface area contributed by atoms with Crippen LogP contribution in [0.4, 0.5) is 11.4 Å². The molecule has 0 bridgehead atoms. The molecule has 2 aromatic carbocycles. The van der Waals surface area contributed by atoms with Crippen LogP contribution < -0.4 is 0 Å². The first-order valence-corrected chi connectivity index (χ1v) is 8.20. The molecule has 0 aliphatic rings. The standard InChI is InChI=1S/C12H10N2.C4H10.2C2H6.CH3.Y/c1-3-7-11(8-4-1)13-14-12-9-5-2-6-10-12;1-4(2)3;2*1-2;;/h1-10H;4H,1-3H3;2*1-2H3;1H3;/q;;;;-1;. The van der Waals surface area contributed by atoms with Crippen LogP contribution in [0.2, 0.25) is 0 Å². The van der Waals surface area contributed by atoms with Crippen molar-refractivity contribution < 1.29 is 32.7 Å². The summed E-state index contributed by atoms with van der Waals surface area (Å²) in [6.07, 6.45) is 0. The van der Waals surface area contributed by atoms with E-state index in [0.29, 0.717) is 0 Å². The maximum absolute atomic E-state index is 4.10. The first kappa shape index (κ1) is 31.0. The van der Waals surface area contributed by atoms with Gasteiger partial charge in [-0.3, -0.25) is 0 Å². The Hall–Kier alpha value is -0.856. The average molecular weight is 404 g/mol.